The predicted molar refractivity (Wildman–Crippen MR) is 116 cm³/mol. The lowest BCUT2D eigenvalue weighted by atomic mass is 9.79. The third-order valence-electron chi connectivity index (χ3n) is 6.49. The monoisotopic (exact) mass is 389 g/mol. The summed E-state index contributed by atoms with van der Waals surface area (Å²) in [6.07, 6.45) is 1.08. The summed E-state index contributed by atoms with van der Waals surface area (Å²) in [7, 11) is 0. The lowest BCUT2D eigenvalue weighted by molar-refractivity contribution is -0.0381. The summed E-state index contributed by atoms with van der Waals surface area (Å²) in [5.41, 5.74) is 9.17. The molecular formula is C26H25F2N. The average molecular weight is 389 g/mol. The van der Waals surface area contributed by atoms with E-state index in [1.807, 2.05) is 0 Å². The zero-order chi connectivity index (χ0) is 20.3. The van der Waals surface area contributed by atoms with Crippen LogP contribution in [0.1, 0.15) is 65.0 Å². The molecule has 1 nitrogen and oxygen atoms in total. The molecule has 5 rings (SSSR count). The van der Waals surface area contributed by atoms with E-state index in [1.54, 1.807) is 0 Å². The van der Waals surface area contributed by atoms with Gasteiger partial charge in [-0.3, -0.25) is 0 Å². The SMILES string of the molecule is Cc1cc(C)cc(C2=Nc3c(C)cc(C4CCC(F)(F)CC4)c4cccc2c34)c1. The van der Waals surface area contributed by atoms with Gasteiger partial charge in [0.1, 0.15) is 0 Å². The highest BCUT2D eigenvalue weighted by Crippen LogP contribution is 2.47. The first-order valence-corrected chi connectivity index (χ1v) is 10.4. The van der Waals surface area contributed by atoms with Crippen molar-refractivity contribution in [3.05, 3.63) is 75.8 Å². The lowest BCUT2D eigenvalue weighted by Crippen LogP contribution is -2.23. The van der Waals surface area contributed by atoms with Crippen molar-refractivity contribution in [2.45, 2.75) is 58.3 Å². The van der Waals surface area contributed by atoms with E-state index in [4.69, 9.17) is 4.99 Å². The Kier molecular flexibility index (Phi) is 4.13. The molecule has 2 aliphatic rings. The minimum Gasteiger partial charge on any atom is -0.247 e. The molecule has 0 saturated heterocycles. The first-order chi connectivity index (χ1) is 13.8. The molecule has 0 amide bonds. The highest BCUT2D eigenvalue weighted by molar-refractivity contribution is 6.27. The van der Waals surface area contributed by atoms with Crippen molar-refractivity contribution in [1.29, 1.82) is 0 Å². The Labute approximate surface area is 170 Å². The lowest BCUT2D eigenvalue weighted by Gasteiger charge is -2.29. The molecule has 0 N–H and O–H groups in total. The average Bonchev–Trinajstić information content (AvgIpc) is 3.05. The normalized spacial score (nSPS) is 18.3. The number of hydrogen-bond acceptors (Lipinski definition) is 1. The van der Waals surface area contributed by atoms with Gasteiger partial charge in [-0.25, -0.2) is 13.8 Å². The van der Waals surface area contributed by atoms with E-state index >= 15 is 0 Å². The van der Waals surface area contributed by atoms with Crippen molar-refractivity contribution < 1.29 is 8.78 Å². The number of aliphatic imine (C=N–C) groups is 1. The Morgan fingerprint density at radius 3 is 2.31 bits per heavy atom. The van der Waals surface area contributed by atoms with Crippen LogP contribution in [0.25, 0.3) is 10.8 Å². The van der Waals surface area contributed by atoms with Crippen molar-refractivity contribution in [2.75, 3.05) is 0 Å². The van der Waals surface area contributed by atoms with E-state index in [9.17, 15) is 8.78 Å². The van der Waals surface area contributed by atoms with E-state index in [-0.39, 0.29) is 18.8 Å². The summed E-state index contributed by atoms with van der Waals surface area (Å²) in [6, 6.07) is 15.1. The number of rotatable bonds is 2. The zero-order valence-electron chi connectivity index (χ0n) is 17.2. The standard InChI is InChI=1S/C26H25F2N/c1-15-11-16(2)13-19(12-15)25-21-6-4-5-20-22(14-17(3)24(29-25)23(20)21)18-7-9-26(27,28)10-8-18/h4-6,11-14,18H,7-10H2,1-3H3. The molecule has 0 aromatic heterocycles. The molecule has 1 saturated carbocycles. The van der Waals surface area contributed by atoms with Crippen LogP contribution in [0.15, 0.2) is 47.5 Å². The molecule has 3 aromatic rings. The number of alkyl halides is 2. The second-order valence-electron chi connectivity index (χ2n) is 8.83. The first kappa shape index (κ1) is 18.5. The van der Waals surface area contributed by atoms with Crippen molar-refractivity contribution in [2.24, 2.45) is 4.99 Å². The fourth-order valence-corrected chi connectivity index (χ4v) is 5.16. The van der Waals surface area contributed by atoms with Gasteiger partial charge in [-0.05, 0) is 68.2 Å². The van der Waals surface area contributed by atoms with E-state index < -0.39 is 5.92 Å². The molecule has 0 spiro atoms. The fourth-order valence-electron chi connectivity index (χ4n) is 5.16. The van der Waals surface area contributed by atoms with E-state index in [0.717, 1.165) is 28.1 Å². The largest absolute Gasteiger partial charge is 0.248 e. The van der Waals surface area contributed by atoms with Gasteiger partial charge in [0.25, 0.3) is 0 Å². The van der Waals surface area contributed by atoms with Gasteiger partial charge in [-0.2, -0.15) is 0 Å². The number of aryl methyl sites for hydroxylation is 3. The smallest absolute Gasteiger partial charge is 0.247 e. The van der Waals surface area contributed by atoms with Crippen LogP contribution in [0.5, 0.6) is 0 Å². The molecule has 148 valence electrons. The summed E-state index contributed by atoms with van der Waals surface area (Å²) in [5.74, 6) is -2.30. The second kappa shape index (κ2) is 6.48. The van der Waals surface area contributed by atoms with E-state index in [2.05, 4.69) is 63.2 Å². The third kappa shape index (κ3) is 3.08. The van der Waals surface area contributed by atoms with Crippen molar-refractivity contribution in [1.82, 2.24) is 0 Å². The molecule has 1 aliphatic heterocycles. The zero-order valence-corrected chi connectivity index (χ0v) is 17.2. The Bertz CT molecular complexity index is 1140. The molecule has 3 heteroatoms. The van der Waals surface area contributed by atoms with Crippen molar-refractivity contribution >= 4 is 22.2 Å². The van der Waals surface area contributed by atoms with E-state index in [1.165, 1.54) is 27.5 Å². The molecule has 1 aliphatic carbocycles. The number of hydrogen-bond donors (Lipinski definition) is 0. The minimum absolute atomic E-state index is 0.00995. The topological polar surface area (TPSA) is 12.4 Å². The summed E-state index contributed by atoms with van der Waals surface area (Å²) < 4.78 is 27.4. The molecule has 1 heterocycles. The molecular weight excluding hydrogens is 364 g/mol. The predicted octanol–water partition coefficient (Wildman–Crippen LogP) is 7.54. The molecule has 29 heavy (non-hydrogen) atoms. The second-order valence-corrected chi connectivity index (χ2v) is 8.83. The Balaban J connectivity index is 1.66. The van der Waals surface area contributed by atoms with Crippen LogP contribution in [-0.2, 0) is 0 Å². The summed E-state index contributed by atoms with van der Waals surface area (Å²) in [6.45, 7) is 6.32. The molecule has 0 radical (unpaired) electrons. The molecule has 0 bridgehead atoms. The van der Waals surface area contributed by atoms with Crippen LogP contribution in [-0.4, -0.2) is 11.6 Å². The summed E-state index contributed by atoms with van der Waals surface area (Å²) in [5, 5.41) is 2.37. The van der Waals surface area contributed by atoms with Crippen LogP contribution in [0, 0.1) is 20.8 Å². The van der Waals surface area contributed by atoms with Gasteiger partial charge >= 0.3 is 0 Å². The van der Waals surface area contributed by atoms with E-state index in [0.29, 0.717) is 12.8 Å². The fraction of sp³-hybridized carbons (Fsp3) is 0.346. The van der Waals surface area contributed by atoms with Gasteiger partial charge in [0.05, 0.1) is 11.4 Å². The Morgan fingerprint density at radius 2 is 1.62 bits per heavy atom. The molecule has 3 aromatic carbocycles. The quantitative estimate of drug-likeness (QED) is 0.336. The summed E-state index contributed by atoms with van der Waals surface area (Å²) in [4.78, 5) is 5.05. The van der Waals surface area contributed by atoms with Crippen molar-refractivity contribution in [3.63, 3.8) is 0 Å². The van der Waals surface area contributed by atoms with Crippen LogP contribution >= 0.6 is 0 Å². The molecule has 0 atom stereocenters. The van der Waals surface area contributed by atoms with Gasteiger partial charge in [-0.15, -0.1) is 0 Å². The van der Waals surface area contributed by atoms with Gasteiger partial charge in [0.2, 0.25) is 5.92 Å². The maximum Gasteiger partial charge on any atom is 0.248 e. The Hall–Kier alpha value is -2.55. The van der Waals surface area contributed by atoms with Crippen molar-refractivity contribution in [3.8, 4) is 0 Å². The minimum atomic E-state index is -2.50. The van der Waals surface area contributed by atoms with Crippen LogP contribution in [0.2, 0.25) is 0 Å². The molecule has 0 unspecified atom stereocenters. The Morgan fingerprint density at radius 1 is 0.931 bits per heavy atom. The summed E-state index contributed by atoms with van der Waals surface area (Å²) >= 11 is 0. The number of halogens is 2. The maximum absolute atomic E-state index is 13.7. The third-order valence-corrected chi connectivity index (χ3v) is 6.49. The first-order valence-electron chi connectivity index (χ1n) is 10.4. The van der Waals surface area contributed by atoms with Crippen LogP contribution in [0.4, 0.5) is 14.5 Å². The van der Waals surface area contributed by atoms with Gasteiger partial charge < -0.3 is 0 Å². The van der Waals surface area contributed by atoms with Gasteiger partial charge in [0, 0.05) is 29.4 Å². The number of nitrogens with zero attached hydrogens (tertiary/aromatic N) is 1. The highest BCUT2D eigenvalue weighted by atomic mass is 19.3. The maximum atomic E-state index is 13.7. The number of benzene rings is 3. The van der Waals surface area contributed by atoms with Crippen LogP contribution < -0.4 is 0 Å². The van der Waals surface area contributed by atoms with Crippen LogP contribution in [0.3, 0.4) is 0 Å². The van der Waals surface area contributed by atoms with Gasteiger partial charge in [-0.1, -0.05) is 41.5 Å². The highest BCUT2D eigenvalue weighted by Gasteiger charge is 2.36. The molecule has 1 fully saturated rings. The van der Waals surface area contributed by atoms with Gasteiger partial charge in [0.15, 0.2) is 0 Å².